The Labute approximate surface area is 172 Å². The third-order valence-corrected chi connectivity index (χ3v) is 4.77. The first-order chi connectivity index (χ1) is 13.9. The van der Waals surface area contributed by atoms with E-state index < -0.39 is 19.1 Å². The van der Waals surface area contributed by atoms with Crippen LogP contribution in [-0.2, 0) is 16.0 Å². The molecule has 7 nitrogen and oxygen atoms in total. The standard InChI is InChI=1S/C21H30BN3O4/c1-3-12-25(4-2)14-20(26)24-19(21(27)23-15-22(28)29)13-17-10-7-9-16-8-5-6-11-18(16)17/h5-11,19,28-29H,3-4,12-15H2,1-2H3,(H,23,27)(H,24,26). The SMILES string of the molecule is CCCN(CC)CC(=O)NC(Cc1cccc2ccccc12)C(=O)NCB(O)O. The molecule has 2 aromatic carbocycles. The van der Waals surface area contributed by atoms with E-state index in [-0.39, 0.29) is 18.9 Å². The van der Waals surface area contributed by atoms with Crippen LogP contribution in [0, 0.1) is 0 Å². The number of hydrogen-bond acceptors (Lipinski definition) is 5. The molecule has 29 heavy (non-hydrogen) atoms. The van der Waals surface area contributed by atoms with Crippen molar-refractivity contribution in [3.05, 3.63) is 48.0 Å². The van der Waals surface area contributed by atoms with E-state index in [1.54, 1.807) is 0 Å². The average Bonchev–Trinajstić information content (AvgIpc) is 2.71. The van der Waals surface area contributed by atoms with Gasteiger partial charge in [0.05, 0.1) is 13.0 Å². The van der Waals surface area contributed by atoms with Gasteiger partial charge in [-0.1, -0.05) is 56.3 Å². The van der Waals surface area contributed by atoms with Crippen LogP contribution in [0.2, 0.25) is 0 Å². The third kappa shape index (κ3) is 7.16. The van der Waals surface area contributed by atoms with Crippen LogP contribution in [0.5, 0.6) is 0 Å². The molecule has 0 saturated heterocycles. The van der Waals surface area contributed by atoms with Crippen LogP contribution in [0.4, 0.5) is 0 Å². The highest BCUT2D eigenvalue weighted by Gasteiger charge is 2.24. The summed E-state index contributed by atoms with van der Waals surface area (Å²) < 4.78 is 0. The van der Waals surface area contributed by atoms with Crippen LogP contribution < -0.4 is 10.6 Å². The average molecular weight is 399 g/mol. The van der Waals surface area contributed by atoms with Crippen molar-refractivity contribution in [1.82, 2.24) is 15.5 Å². The van der Waals surface area contributed by atoms with Gasteiger partial charge in [0.15, 0.2) is 0 Å². The van der Waals surface area contributed by atoms with Crippen molar-refractivity contribution in [2.24, 2.45) is 0 Å². The molecule has 8 heteroatoms. The molecule has 156 valence electrons. The summed E-state index contributed by atoms with van der Waals surface area (Å²) in [6, 6.07) is 12.9. The van der Waals surface area contributed by atoms with E-state index >= 15 is 0 Å². The second-order valence-corrected chi connectivity index (χ2v) is 7.06. The van der Waals surface area contributed by atoms with Crippen LogP contribution in [0.3, 0.4) is 0 Å². The predicted octanol–water partition coefficient (Wildman–Crippen LogP) is 0.727. The number of nitrogens with one attached hydrogen (secondary N) is 2. The van der Waals surface area contributed by atoms with Gasteiger partial charge in [-0.15, -0.1) is 0 Å². The van der Waals surface area contributed by atoms with Gasteiger partial charge < -0.3 is 20.7 Å². The molecule has 1 unspecified atom stereocenters. The van der Waals surface area contributed by atoms with Gasteiger partial charge in [-0.05, 0) is 35.8 Å². The molecule has 0 heterocycles. The van der Waals surface area contributed by atoms with Crippen molar-refractivity contribution in [2.45, 2.75) is 32.7 Å². The predicted molar refractivity (Wildman–Crippen MR) is 115 cm³/mol. The molecule has 0 aliphatic carbocycles. The van der Waals surface area contributed by atoms with Crippen molar-refractivity contribution in [2.75, 3.05) is 26.1 Å². The Morgan fingerprint density at radius 1 is 1.10 bits per heavy atom. The Balaban J connectivity index is 2.18. The molecular formula is C21H30BN3O4. The van der Waals surface area contributed by atoms with Crippen molar-refractivity contribution >= 4 is 29.7 Å². The first-order valence-electron chi connectivity index (χ1n) is 10.1. The van der Waals surface area contributed by atoms with Gasteiger partial charge in [0.1, 0.15) is 6.04 Å². The van der Waals surface area contributed by atoms with Crippen molar-refractivity contribution in [3.63, 3.8) is 0 Å². The van der Waals surface area contributed by atoms with Gasteiger partial charge >= 0.3 is 7.12 Å². The monoisotopic (exact) mass is 399 g/mol. The minimum Gasteiger partial charge on any atom is -0.426 e. The Morgan fingerprint density at radius 2 is 1.83 bits per heavy atom. The van der Waals surface area contributed by atoms with Crippen LogP contribution in [-0.4, -0.2) is 66.0 Å². The molecule has 0 fully saturated rings. The van der Waals surface area contributed by atoms with Gasteiger partial charge in [-0.2, -0.15) is 0 Å². The van der Waals surface area contributed by atoms with Crippen molar-refractivity contribution < 1.29 is 19.6 Å². The van der Waals surface area contributed by atoms with E-state index in [0.29, 0.717) is 6.42 Å². The maximum Gasteiger partial charge on any atom is 0.472 e. The second-order valence-electron chi connectivity index (χ2n) is 7.06. The molecule has 2 amide bonds. The molecule has 2 rings (SSSR count). The number of likely N-dealkylation sites (N-methyl/N-ethyl adjacent to an activating group) is 1. The minimum atomic E-state index is -1.65. The molecular weight excluding hydrogens is 369 g/mol. The lowest BCUT2D eigenvalue weighted by atomic mass is 9.92. The molecule has 0 aliphatic rings. The van der Waals surface area contributed by atoms with Gasteiger partial charge in [0.2, 0.25) is 11.8 Å². The van der Waals surface area contributed by atoms with E-state index in [1.807, 2.05) is 54.3 Å². The zero-order valence-corrected chi connectivity index (χ0v) is 17.1. The molecule has 0 aliphatic heterocycles. The summed E-state index contributed by atoms with van der Waals surface area (Å²) in [5.41, 5.74) is 0.939. The summed E-state index contributed by atoms with van der Waals surface area (Å²) in [7, 11) is -1.65. The lowest BCUT2D eigenvalue weighted by molar-refractivity contribution is -0.129. The summed E-state index contributed by atoms with van der Waals surface area (Å²) in [5.74, 6) is -0.678. The highest BCUT2D eigenvalue weighted by Crippen LogP contribution is 2.20. The Kier molecular flexibility index (Phi) is 9.11. The maximum absolute atomic E-state index is 12.6. The van der Waals surface area contributed by atoms with E-state index in [1.165, 1.54) is 0 Å². The Bertz CT molecular complexity index is 810. The zero-order chi connectivity index (χ0) is 21.2. The smallest absolute Gasteiger partial charge is 0.426 e. The van der Waals surface area contributed by atoms with Crippen LogP contribution in [0.1, 0.15) is 25.8 Å². The minimum absolute atomic E-state index is 0.215. The van der Waals surface area contributed by atoms with E-state index in [4.69, 9.17) is 10.0 Å². The topological polar surface area (TPSA) is 102 Å². The van der Waals surface area contributed by atoms with Crippen LogP contribution in [0.25, 0.3) is 10.8 Å². The quantitative estimate of drug-likeness (QED) is 0.418. The highest BCUT2D eigenvalue weighted by atomic mass is 16.4. The fraction of sp³-hybridized carbons (Fsp3) is 0.429. The molecule has 0 radical (unpaired) electrons. The van der Waals surface area contributed by atoms with Gasteiger partial charge in [0, 0.05) is 6.42 Å². The number of fused-ring (bicyclic) bond motifs is 1. The lowest BCUT2D eigenvalue weighted by Gasteiger charge is -2.23. The molecule has 1 atom stereocenters. The van der Waals surface area contributed by atoms with Crippen LogP contribution in [0.15, 0.2) is 42.5 Å². The number of amides is 2. The summed E-state index contributed by atoms with van der Waals surface area (Å²) in [6.07, 6.45) is 0.952. The number of nitrogens with zero attached hydrogens (tertiary/aromatic N) is 1. The molecule has 0 aromatic heterocycles. The van der Waals surface area contributed by atoms with E-state index in [0.717, 1.165) is 35.8 Å². The highest BCUT2D eigenvalue weighted by molar-refractivity contribution is 6.41. The molecule has 2 aromatic rings. The number of hydrogen-bond donors (Lipinski definition) is 4. The number of rotatable bonds is 11. The fourth-order valence-electron chi connectivity index (χ4n) is 3.32. The molecule has 4 N–H and O–H groups in total. The van der Waals surface area contributed by atoms with Crippen LogP contribution >= 0.6 is 0 Å². The van der Waals surface area contributed by atoms with E-state index in [9.17, 15) is 9.59 Å². The van der Waals surface area contributed by atoms with Gasteiger partial charge in [-0.25, -0.2) is 0 Å². The third-order valence-electron chi connectivity index (χ3n) is 4.77. The molecule has 0 bridgehead atoms. The number of carbonyl (C=O) groups is 2. The lowest BCUT2D eigenvalue weighted by Crippen LogP contribution is -2.52. The second kappa shape index (κ2) is 11.6. The first kappa shape index (κ1) is 22.9. The van der Waals surface area contributed by atoms with Gasteiger partial charge in [-0.3, -0.25) is 14.5 Å². The normalized spacial score (nSPS) is 12.0. The summed E-state index contributed by atoms with van der Waals surface area (Å²) in [6.45, 7) is 5.81. The van der Waals surface area contributed by atoms with Crippen molar-refractivity contribution in [3.8, 4) is 0 Å². The zero-order valence-electron chi connectivity index (χ0n) is 17.1. The maximum atomic E-state index is 12.6. The first-order valence-corrected chi connectivity index (χ1v) is 10.1. The van der Waals surface area contributed by atoms with Crippen molar-refractivity contribution in [1.29, 1.82) is 0 Å². The largest absolute Gasteiger partial charge is 0.472 e. The summed E-state index contributed by atoms with van der Waals surface area (Å²) in [4.78, 5) is 27.2. The van der Waals surface area contributed by atoms with E-state index in [2.05, 4.69) is 17.6 Å². The van der Waals surface area contributed by atoms with Gasteiger partial charge in [0.25, 0.3) is 0 Å². The Hall–Kier alpha value is -2.42. The summed E-state index contributed by atoms with van der Waals surface area (Å²) >= 11 is 0. The fourth-order valence-corrected chi connectivity index (χ4v) is 3.32. The Morgan fingerprint density at radius 3 is 2.52 bits per heavy atom. The molecule has 0 spiro atoms. The number of benzene rings is 2. The number of carbonyl (C=O) groups excluding carboxylic acids is 2. The summed E-state index contributed by atoms with van der Waals surface area (Å²) in [5, 5.41) is 25.5. The molecule has 0 saturated carbocycles.